The van der Waals surface area contributed by atoms with Crippen LogP contribution in [-0.2, 0) is 9.53 Å². The van der Waals surface area contributed by atoms with Crippen LogP contribution in [0, 0.1) is 5.92 Å². The van der Waals surface area contributed by atoms with Crippen molar-refractivity contribution in [2.45, 2.75) is 25.9 Å². The zero-order valence-corrected chi connectivity index (χ0v) is 14.4. The molecule has 1 amide bonds. The topological polar surface area (TPSA) is 55.6 Å². The highest BCUT2D eigenvalue weighted by Gasteiger charge is 2.29. The van der Waals surface area contributed by atoms with Crippen molar-refractivity contribution in [2.75, 3.05) is 20.8 Å². The second-order valence-corrected chi connectivity index (χ2v) is 5.63. The molecule has 0 aliphatic carbocycles. The summed E-state index contributed by atoms with van der Waals surface area (Å²) in [4.78, 5) is 14.0. The molecular weight excluding hydrogens is 311 g/mol. The summed E-state index contributed by atoms with van der Waals surface area (Å²) in [5.74, 6) is 0.0732. The number of benzene rings is 1. The monoisotopic (exact) mass is 334 g/mol. The largest absolute Gasteiger partial charge is 0.383 e. The van der Waals surface area contributed by atoms with E-state index >= 15 is 0 Å². The Labute approximate surface area is 138 Å². The summed E-state index contributed by atoms with van der Waals surface area (Å²) in [6.07, 6.45) is 0. The van der Waals surface area contributed by atoms with Crippen molar-refractivity contribution >= 4 is 29.9 Å². The molecule has 1 rings (SSSR count). The van der Waals surface area contributed by atoms with Gasteiger partial charge in [0.05, 0.1) is 12.6 Å². The van der Waals surface area contributed by atoms with E-state index in [-0.39, 0.29) is 36.9 Å². The lowest BCUT2D eigenvalue weighted by Gasteiger charge is -2.33. The minimum Gasteiger partial charge on any atom is -0.383 e. The lowest BCUT2D eigenvalue weighted by Crippen LogP contribution is -2.46. The smallest absolute Gasteiger partial charge is 0.242 e. The molecule has 2 unspecified atom stereocenters. The fourth-order valence-electron chi connectivity index (χ4n) is 2.38. The van der Waals surface area contributed by atoms with Crippen LogP contribution in [0.1, 0.15) is 25.5 Å². The van der Waals surface area contributed by atoms with Crippen molar-refractivity contribution in [3.8, 4) is 0 Å². The van der Waals surface area contributed by atoms with Crippen LogP contribution in [0.2, 0.25) is 5.02 Å². The Kier molecular flexibility index (Phi) is 8.90. The summed E-state index contributed by atoms with van der Waals surface area (Å²) in [6, 6.07) is 6.80. The summed E-state index contributed by atoms with van der Waals surface area (Å²) in [7, 11) is 3.28. The van der Waals surface area contributed by atoms with Crippen LogP contribution in [0.25, 0.3) is 0 Å². The van der Waals surface area contributed by atoms with E-state index in [1.807, 2.05) is 24.3 Å². The minimum atomic E-state index is -0.659. The van der Waals surface area contributed by atoms with Crippen LogP contribution >= 0.6 is 24.0 Å². The second-order valence-electron chi connectivity index (χ2n) is 5.22. The number of halogens is 2. The molecule has 120 valence electrons. The Balaban J connectivity index is 0.00000400. The maximum atomic E-state index is 12.3. The maximum Gasteiger partial charge on any atom is 0.242 e. The van der Waals surface area contributed by atoms with Crippen molar-refractivity contribution in [2.24, 2.45) is 11.7 Å². The number of methoxy groups -OCH3 is 1. The molecule has 0 saturated carbocycles. The number of amides is 1. The maximum absolute atomic E-state index is 12.3. The number of carbonyl (C=O) groups is 1. The number of nitrogens with zero attached hydrogens (tertiary/aromatic N) is 1. The van der Waals surface area contributed by atoms with E-state index in [4.69, 9.17) is 22.1 Å². The van der Waals surface area contributed by atoms with Crippen LogP contribution < -0.4 is 5.73 Å². The summed E-state index contributed by atoms with van der Waals surface area (Å²) in [6.45, 7) is 4.32. The van der Waals surface area contributed by atoms with Gasteiger partial charge in [0, 0.05) is 19.2 Å². The first kappa shape index (κ1) is 20.2. The van der Waals surface area contributed by atoms with Crippen LogP contribution in [-0.4, -0.2) is 37.6 Å². The molecule has 0 radical (unpaired) electrons. The normalized spacial score (nSPS) is 13.5. The molecule has 0 heterocycles. The van der Waals surface area contributed by atoms with Crippen LogP contribution in [0.3, 0.4) is 0 Å². The van der Waals surface area contributed by atoms with E-state index in [1.54, 1.807) is 11.9 Å². The molecule has 0 aliphatic heterocycles. The highest BCUT2D eigenvalue weighted by atomic mass is 35.5. The SMILES string of the molecule is COCC(N)C(=O)N(C)C(c1ccccc1Cl)C(C)C.Cl. The van der Waals surface area contributed by atoms with Crippen molar-refractivity contribution in [3.05, 3.63) is 34.9 Å². The fourth-order valence-corrected chi connectivity index (χ4v) is 2.63. The number of hydrogen-bond donors (Lipinski definition) is 1. The predicted octanol–water partition coefficient (Wildman–Crippen LogP) is 2.89. The Bertz CT molecular complexity index is 455. The lowest BCUT2D eigenvalue weighted by atomic mass is 9.94. The Morgan fingerprint density at radius 2 is 1.95 bits per heavy atom. The number of carbonyl (C=O) groups excluding carboxylic acids is 1. The summed E-state index contributed by atoms with van der Waals surface area (Å²) >= 11 is 6.26. The molecule has 0 aliphatic rings. The summed E-state index contributed by atoms with van der Waals surface area (Å²) in [5.41, 5.74) is 6.77. The molecular formula is C15H24Cl2N2O2. The van der Waals surface area contributed by atoms with E-state index in [9.17, 15) is 4.79 Å². The van der Waals surface area contributed by atoms with Gasteiger partial charge in [-0.2, -0.15) is 0 Å². The first-order chi connectivity index (χ1) is 9.40. The number of hydrogen-bond acceptors (Lipinski definition) is 3. The Morgan fingerprint density at radius 3 is 2.43 bits per heavy atom. The molecule has 1 aromatic carbocycles. The van der Waals surface area contributed by atoms with E-state index in [2.05, 4.69) is 13.8 Å². The quantitative estimate of drug-likeness (QED) is 0.870. The number of rotatable bonds is 6. The predicted molar refractivity (Wildman–Crippen MR) is 88.9 cm³/mol. The van der Waals surface area contributed by atoms with Gasteiger partial charge in [0.25, 0.3) is 0 Å². The zero-order chi connectivity index (χ0) is 15.3. The molecule has 4 nitrogen and oxygen atoms in total. The molecule has 21 heavy (non-hydrogen) atoms. The van der Waals surface area contributed by atoms with Gasteiger partial charge in [-0.05, 0) is 17.5 Å². The molecule has 2 N–H and O–H groups in total. The molecule has 1 aromatic rings. The number of nitrogens with two attached hydrogens (primary N) is 1. The highest BCUT2D eigenvalue weighted by molar-refractivity contribution is 6.31. The van der Waals surface area contributed by atoms with Gasteiger partial charge in [-0.1, -0.05) is 43.6 Å². The Morgan fingerprint density at radius 1 is 1.38 bits per heavy atom. The third-order valence-electron chi connectivity index (χ3n) is 3.28. The molecule has 2 atom stereocenters. The van der Waals surface area contributed by atoms with E-state index in [0.29, 0.717) is 5.02 Å². The molecule has 0 aromatic heterocycles. The fraction of sp³-hybridized carbons (Fsp3) is 0.533. The average Bonchev–Trinajstić information content (AvgIpc) is 2.40. The van der Waals surface area contributed by atoms with Crippen LogP contribution in [0.15, 0.2) is 24.3 Å². The lowest BCUT2D eigenvalue weighted by molar-refractivity contribution is -0.135. The van der Waals surface area contributed by atoms with Gasteiger partial charge >= 0.3 is 0 Å². The number of ether oxygens (including phenoxy) is 1. The van der Waals surface area contributed by atoms with Gasteiger partial charge < -0.3 is 15.4 Å². The van der Waals surface area contributed by atoms with Crippen molar-refractivity contribution in [3.63, 3.8) is 0 Å². The number of likely N-dealkylation sites (N-methyl/N-ethyl adjacent to an activating group) is 1. The average molecular weight is 335 g/mol. The van der Waals surface area contributed by atoms with Crippen LogP contribution in [0.4, 0.5) is 0 Å². The third-order valence-corrected chi connectivity index (χ3v) is 3.63. The molecule has 0 spiro atoms. The van der Waals surface area contributed by atoms with Gasteiger partial charge in [-0.15, -0.1) is 12.4 Å². The summed E-state index contributed by atoms with van der Waals surface area (Å²) in [5, 5.41) is 0.658. The van der Waals surface area contributed by atoms with Gasteiger partial charge in [-0.3, -0.25) is 4.79 Å². The molecule has 6 heteroatoms. The second kappa shape index (κ2) is 9.26. The van der Waals surface area contributed by atoms with Gasteiger partial charge in [0.2, 0.25) is 5.91 Å². The van der Waals surface area contributed by atoms with Gasteiger partial charge in [0.15, 0.2) is 0 Å². The minimum absolute atomic E-state index is 0. The van der Waals surface area contributed by atoms with Crippen molar-refractivity contribution < 1.29 is 9.53 Å². The molecule has 0 bridgehead atoms. The Hall–Kier alpha value is -0.810. The zero-order valence-electron chi connectivity index (χ0n) is 12.9. The van der Waals surface area contributed by atoms with E-state index in [1.165, 1.54) is 7.11 Å². The standard InChI is InChI=1S/C15H23ClN2O2.ClH/c1-10(2)14(11-7-5-6-8-12(11)16)18(3)15(19)13(17)9-20-4;/h5-8,10,13-14H,9,17H2,1-4H3;1H. The first-order valence-corrected chi connectivity index (χ1v) is 7.03. The van der Waals surface area contributed by atoms with E-state index < -0.39 is 6.04 Å². The highest BCUT2D eigenvalue weighted by Crippen LogP contribution is 2.32. The van der Waals surface area contributed by atoms with Crippen LogP contribution in [0.5, 0.6) is 0 Å². The van der Waals surface area contributed by atoms with Gasteiger partial charge in [0.1, 0.15) is 6.04 Å². The van der Waals surface area contributed by atoms with E-state index in [0.717, 1.165) is 5.56 Å². The first-order valence-electron chi connectivity index (χ1n) is 6.65. The third kappa shape index (κ3) is 5.15. The molecule has 0 fully saturated rings. The van der Waals surface area contributed by atoms with Gasteiger partial charge in [-0.25, -0.2) is 0 Å². The van der Waals surface area contributed by atoms with Crippen molar-refractivity contribution in [1.29, 1.82) is 0 Å². The molecule has 0 saturated heterocycles. The van der Waals surface area contributed by atoms with Crippen molar-refractivity contribution in [1.82, 2.24) is 4.90 Å². The summed E-state index contributed by atoms with van der Waals surface area (Å²) < 4.78 is 4.95.